The lowest BCUT2D eigenvalue weighted by Gasteiger charge is -2.13. The smallest absolute Gasteiger partial charge is 0.341 e. The molecule has 168 valence electrons. The Morgan fingerprint density at radius 1 is 0.781 bits per heavy atom. The molecule has 0 aromatic heterocycles. The molecule has 0 spiro atoms. The van der Waals surface area contributed by atoms with Crippen LogP contribution < -0.4 is 0 Å². The first kappa shape index (κ1) is 24.9. The second-order valence-electron chi connectivity index (χ2n) is 7.57. The highest BCUT2D eigenvalue weighted by Gasteiger charge is 2.12. The molecule has 3 rings (SSSR count). The summed E-state index contributed by atoms with van der Waals surface area (Å²) < 4.78 is 5.19. The van der Waals surface area contributed by atoms with E-state index in [4.69, 9.17) is 4.74 Å². The van der Waals surface area contributed by atoms with Gasteiger partial charge >= 0.3 is 5.97 Å². The standard InChI is InChI=1S/C15H22O3.C13H10O/c1-3-7-12(4-2)10-11-18-15(17)13-8-5-6-9-14(13)16;14-13(11-7-3-1-4-8-11)12-9-5-2-6-10-12/h5-6,8-9,12,16H,3-4,7,10-11H2,1-2H3;1-10H. The molecule has 0 aliphatic carbocycles. The van der Waals surface area contributed by atoms with Crippen LogP contribution in [0.25, 0.3) is 0 Å². The summed E-state index contributed by atoms with van der Waals surface area (Å²) in [4.78, 5) is 23.6. The number of esters is 1. The molecule has 0 radical (unpaired) electrons. The molecule has 3 aromatic carbocycles. The molecule has 0 bridgehead atoms. The number of rotatable bonds is 9. The van der Waals surface area contributed by atoms with Crippen LogP contribution in [0.5, 0.6) is 5.75 Å². The Morgan fingerprint density at radius 3 is 1.81 bits per heavy atom. The quantitative estimate of drug-likeness (QED) is 0.302. The molecule has 1 unspecified atom stereocenters. The summed E-state index contributed by atoms with van der Waals surface area (Å²) in [5.74, 6) is 0.223. The van der Waals surface area contributed by atoms with E-state index in [1.165, 1.54) is 12.5 Å². The van der Waals surface area contributed by atoms with Crippen LogP contribution in [0.2, 0.25) is 0 Å². The van der Waals surface area contributed by atoms with Crippen molar-refractivity contribution >= 4 is 11.8 Å². The Hall–Kier alpha value is -3.40. The first-order valence-electron chi connectivity index (χ1n) is 11.2. The van der Waals surface area contributed by atoms with Crippen LogP contribution in [0, 0.1) is 5.92 Å². The van der Waals surface area contributed by atoms with E-state index < -0.39 is 5.97 Å². The van der Waals surface area contributed by atoms with Gasteiger partial charge in [0.05, 0.1) is 6.61 Å². The van der Waals surface area contributed by atoms with Crippen LogP contribution in [-0.2, 0) is 4.74 Å². The molecule has 1 atom stereocenters. The highest BCUT2D eigenvalue weighted by Crippen LogP contribution is 2.18. The van der Waals surface area contributed by atoms with E-state index in [9.17, 15) is 14.7 Å². The third kappa shape index (κ3) is 8.03. The van der Waals surface area contributed by atoms with Crippen molar-refractivity contribution in [1.82, 2.24) is 0 Å². The lowest BCUT2D eigenvalue weighted by molar-refractivity contribution is 0.0476. The maximum atomic E-state index is 11.8. The van der Waals surface area contributed by atoms with Gasteiger partial charge in [-0.05, 0) is 24.5 Å². The molecule has 0 heterocycles. The predicted molar refractivity (Wildman–Crippen MR) is 128 cm³/mol. The van der Waals surface area contributed by atoms with Gasteiger partial charge in [-0.15, -0.1) is 0 Å². The maximum Gasteiger partial charge on any atom is 0.341 e. The monoisotopic (exact) mass is 432 g/mol. The van der Waals surface area contributed by atoms with E-state index in [0.29, 0.717) is 12.5 Å². The topological polar surface area (TPSA) is 63.6 Å². The Labute approximate surface area is 190 Å². The zero-order valence-electron chi connectivity index (χ0n) is 18.9. The van der Waals surface area contributed by atoms with Gasteiger partial charge in [0.2, 0.25) is 0 Å². The van der Waals surface area contributed by atoms with Crippen molar-refractivity contribution in [2.45, 2.75) is 39.5 Å². The SMILES string of the molecule is CCCC(CC)CCOC(=O)c1ccccc1O.O=C(c1ccccc1)c1ccccc1. The number of carbonyl (C=O) groups excluding carboxylic acids is 2. The van der Waals surface area contributed by atoms with Gasteiger partial charge in [0.15, 0.2) is 5.78 Å². The van der Waals surface area contributed by atoms with Crippen molar-refractivity contribution in [3.63, 3.8) is 0 Å². The molecule has 4 nitrogen and oxygen atoms in total. The summed E-state index contributed by atoms with van der Waals surface area (Å²) in [6.07, 6.45) is 4.34. The van der Waals surface area contributed by atoms with Crippen LogP contribution in [-0.4, -0.2) is 23.5 Å². The first-order chi connectivity index (χ1) is 15.6. The average molecular weight is 433 g/mol. The van der Waals surface area contributed by atoms with E-state index in [-0.39, 0.29) is 17.1 Å². The summed E-state index contributed by atoms with van der Waals surface area (Å²) in [7, 11) is 0. The number of aromatic hydroxyl groups is 1. The van der Waals surface area contributed by atoms with E-state index in [1.807, 2.05) is 60.7 Å². The average Bonchev–Trinajstić information content (AvgIpc) is 2.84. The van der Waals surface area contributed by atoms with Gasteiger partial charge < -0.3 is 9.84 Å². The lowest BCUT2D eigenvalue weighted by atomic mass is 9.98. The fraction of sp³-hybridized carbons (Fsp3) is 0.286. The van der Waals surface area contributed by atoms with Crippen LogP contribution in [0.15, 0.2) is 84.9 Å². The Bertz CT molecular complexity index is 910. The van der Waals surface area contributed by atoms with E-state index in [1.54, 1.807) is 18.2 Å². The predicted octanol–water partition coefficient (Wildman–Crippen LogP) is 6.68. The number of hydrogen-bond acceptors (Lipinski definition) is 4. The van der Waals surface area contributed by atoms with Crippen LogP contribution in [0.4, 0.5) is 0 Å². The number of para-hydroxylation sites is 1. The molecule has 32 heavy (non-hydrogen) atoms. The van der Waals surface area contributed by atoms with Crippen molar-refractivity contribution in [1.29, 1.82) is 0 Å². The van der Waals surface area contributed by atoms with Crippen LogP contribution in [0.1, 0.15) is 65.8 Å². The molecule has 0 saturated carbocycles. The molecule has 3 aromatic rings. The summed E-state index contributed by atoms with van der Waals surface area (Å²) in [5.41, 5.74) is 1.71. The van der Waals surface area contributed by atoms with Gasteiger partial charge in [-0.2, -0.15) is 0 Å². The zero-order valence-corrected chi connectivity index (χ0v) is 18.9. The Balaban J connectivity index is 0.000000233. The van der Waals surface area contributed by atoms with Gasteiger partial charge in [-0.3, -0.25) is 4.79 Å². The molecule has 0 saturated heterocycles. The normalized spacial score (nSPS) is 11.1. The summed E-state index contributed by atoms with van der Waals surface area (Å²) >= 11 is 0. The van der Waals surface area contributed by atoms with Crippen LogP contribution >= 0.6 is 0 Å². The second kappa shape index (κ2) is 13.8. The van der Waals surface area contributed by atoms with E-state index in [0.717, 1.165) is 30.4 Å². The van der Waals surface area contributed by atoms with Gasteiger partial charge in [-0.25, -0.2) is 4.79 Å². The van der Waals surface area contributed by atoms with Gasteiger partial charge in [0.25, 0.3) is 0 Å². The number of phenolic OH excluding ortho intramolecular Hbond substituents is 1. The zero-order chi connectivity index (χ0) is 23.2. The minimum Gasteiger partial charge on any atom is -0.507 e. The molecule has 0 aliphatic heterocycles. The van der Waals surface area contributed by atoms with Crippen molar-refractivity contribution in [3.8, 4) is 5.75 Å². The molecular formula is C28H32O4. The van der Waals surface area contributed by atoms with Crippen molar-refractivity contribution in [3.05, 3.63) is 102 Å². The lowest BCUT2D eigenvalue weighted by Crippen LogP contribution is -2.10. The van der Waals surface area contributed by atoms with Gasteiger partial charge in [0, 0.05) is 11.1 Å². The minimum atomic E-state index is -0.445. The molecule has 0 amide bonds. The molecule has 1 N–H and O–H groups in total. The Kier molecular flexibility index (Phi) is 10.7. The van der Waals surface area contributed by atoms with Gasteiger partial charge in [-0.1, -0.05) is 106 Å². The summed E-state index contributed by atoms with van der Waals surface area (Å²) in [5, 5.41) is 9.52. The number of ether oxygens (including phenoxy) is 1. The highest BCUT2D eigenvalue weighted by molar-refractivity contribution is 6.08. The fourth-order valence-corrected chi connectivity index (χ4v) is 3.35. The number of phenols is 1. The minimum absolute atomic E-state index is 0.0249. The first-order valence-corrected chi connectivity index (χ1v) is 11.2. The summed E-state index contributed by atoms with van der Waals surface area (Å²) in [6, 6.07) is 25.1. The molecule has 0 aliphatic rings. The van der Waals surface area contributed by atoms with Gasteiger partial charge in [0.1, 0.15) is 11.3 Å². The maximum absolute atomic E-state index is 11.8. The highest BCUT2D eigenvalue weighted by atomic mass is 16.5. The van der Waals surface area contributed by atoms with Crippen molar-refractivity contribution < 1.29 is 19.4 Å². The number of hydrogen-bond donors (Lipinski definition) is 1. The van der Waals surface area contributed by atoms with Crippen molar-refractivity contribution in [2.75, 3.05) is 6.61 Å². The number of ketones is 1. The summed E-state index contributed by atoms with van der Waals surface area (Å²) in [6.45, 7) is 4.74. The van der Waals surface area contributed by atoms with E-state index in [2.05, 4.69) is 13.8 Å². The molecular weight excluding hydrogens is 400 g/mol. The third-order valence-corrected chi connectivity index (χ3v) is 5.23. The number of carbonyl (C=O) groups is 2. The number of benzene rings is 3. The van der Waals surface area contributed by atoms with E-state index >= 15 is 0 Å². The largest absolute Gasteiger partial charge is 0.507 e. The second-order valence-corrected chi connectivity index (χ2v) is 7.57. The van der Waals surface area contributed by atoms with Crippen molar-refractivity contribution in [2.24, 2.45) is 5.92 Å². The van der Waals surface area contributed by atoms with Crippen LogP contribution in [0.3, 0.4) is 0 Å². The molecule has 4 heteroatoms. The fourth-order valence-electron chi connectivity index (χ4n) is 3.35. The Morgan fingerprint density at radius 2 is 1.31 bits per heavy atom. The molecule has 0 fully saturated rings. The third-order valence-electron chi connectivity index (χ3n) is 5.23.